The molecule has 1 aliphatic heterocycles. The van der Waals surface area contributed by atoms with Crippen molar-refractivity contribution in [3.05, 3.63) is 29.3 Å². The summed E-state index contributed by atoms with van der Waals surface area (Å²) in [6, 6.07) is 5.12. The number of anilines is 1. The summed E-state index contributed by atoms with van der Waals surface area (Å²) in [5.74, 6) is 2.05. The minimum absolute atomic E-state index is 0.0452. The lowest BCUT2D eigenvalue weighted by Gasteiger charge is -2.04. The predicted molar refractivity (Wildman–Crippen MR) is 59.9 cm³/mol. The first-order valence-corrected chi connectivity index (χ1v) is 4.85. The average Bonchev–Trinajstić information content (AvgIpc) is 2.64. The van der Waals surface area contributed by atoms with Crippen molar-refractivity contribution in [1.82, 2.24) is 5.32 Å². The van der Waals surface area contributed by atoms with E-state index in [0.717, 1.165) is 5.56 Å². The van der Waals surface area contributed by atoms with Gasteiger partial charge in [-0.25, -0.2) is 0 Å². The van der Waals surface area contributed by atoms with E-state index in [1.165, 1.54) is 0 Å². The molecule has 0 atom stereocenters. The molecule has 1 heterocycles. The zero-order chi connectivity index (χ0) is 11.5. The number of nitrogens with one attached hydrogen (secondary N) is 2. The van der Waals surface area contributed by atoms with E-state index in [0.29, 0.717) is 17.7 Å². The maximum atomic E-state index is 11.6. The molecular weight excluding hydrogens is 204 g/mol. The normalized spacial score (nSPS) is 12.6. The number of hydrogen-bond acceptors (Lipinski definition) is 2. The largest absolute Gasteiger partial charge is 0.341 e. The summed E-state index contributed by atoms with van der Waals surface area (Å²) in [6.07, 6.45) is 5.42. The molecule has 4 heteroatoms. The van der Waals surface area contributed by atoms with Gasteiger partial charge in [-0.05, 0) is 17.7 Å². The van der Waals surface area contributed by atoms with Gasteiger partial charge < -0.3 is 10.6 Å². The third kappa shape index (κ3) is 1.89. The summed E-state index contributed by atoms with van der Waals surface area (Å²) < 4.78 is 0. The second-order valence-electron chi connectivity index (χ2n) is 3.48. The lowest BCUT2D eigenvalue weighted by molar-refractivity contribution is -0.115. The van der Waals surface area contributed by atoms with Crippen LogP contribution in [0, 0.1) is 12.3 Å². The summed E-state index contributed by atoms with van der Waals surface area (Å²) in [5.41, 5.74) is 2.12. The van der Waals surface area contributed by atoms with E-state index < -0.39 is 0 Å². The molecule has 0 radical (unpaired) electrons. The molecule has 2 rings (SSSR count). The number of terminal acetylenes is 1. The van der Waals surface area contributed by atoms with Gasteiger partial charge in [0.1, 0.15) is 0 Å². The molecule has 2 amide bonds. The van der Waals surface area contributed by atoms with Crippen LogP contribution in [-0.4, -0.2) is 18.4 Å². The van der Waals surface area contributed by atoms with Crippen molar-refractivity contribution in [2.24, 2.45) is 0 Å². The maximum absolute atomic E-state index is 11.6. The van der Waals surface area contributed by atoms with Gasteiger partial charge in [0, 0.05) is 11.3 Å². The lowest BCUT2D eigenvalue weighted by atomic mass is 10.1. The van der Waals surface area contributed by atoms with E-state index in [9.17, 15) is 9.59 Å². The van der Waals surface area contributed by atoms with Crippen LogP contribution in [-0.2, 0) is 11.2 Å². The highest BCUT2D eigenvalue weighted by molar-refractivity contribution is 6.02. The second-order valence-corrected chi connectivity index (χ2v) is 3.48. The number of hydrogen-bond donors (Lipinski definition) is 2. The van der Waals surface area contributed by atoms with Crippen LogP contribution in [0.3, 0.4) is 0 Å². The van der Waals surface area contributed by atoms with Gasteiger partial charge in [-0.2, -0.15) is 0 Å². The Morgan fingerprint density at radius 2 is 2.38 bits per heavy atom. The van der Waals surface area contributed by atoms with Crippen LogP contribution in [0.15, 0.2) is 18.2 Å². The minimum Gasteiger partial charge on any atom is -0.341 e. The first-order chi connectivity index (χ1) is 7.70. The van der Waals surface area contributed by atoms with Gasteiger partial charge >= 0.3 is 0 Å². The molecule has 2 N–H and O–H groups in total. The molecule has 0 aliphatic carbocycles. The number of amides is 2. The van der Waals surface area contributed by atoms with Gasteiger partial charge in [-0.1, -0.05) is 12.0 Å². The van der Waals surface area contributed by atoms with Gasteiger partial charge in [-0.15, -0.1) is 6.42 Å². The summed E-state index contributed by atoms with van der Waals surface area (Å²) in [4.78, 5) is 22.7. The maximum Gasteiger partial charge on any atom is 0.252 e. The monoisotopic (exact) mass is 214 g/mol. The fourth-order valence-corrected chi connectivity index (χ4v) is 1.59. The SMILES string of the molecule is C#CCNC(=O)c1ccc2c(c1)NC(=O)C2. The van der Waals surface area contributed by atoms with Gasteiger partial charge in [-0.3, -0.25) is 9.59 Å². The predicted octanol–water partition coefficient (Wildman–Crippen LogP) is 0.544. The molecule has 0 fully saturated rings. The molecule has 4 nitrogen and oxygen atoms in total. The van der Waals surface area contributed by atoms with Gasteiger partial charge in [0.25, 0.3) is 5.91 Å². The number of fused-ring (bicyclic) bond motifs is 1. The molecule has 0 bridgehead atoms. The summed E-state index contributed by atoms with van der Waals surface area (Å²) >= 11 is 0. The van der Waals surface area contributed by atoms with E-state index in [-0.39, 0.29) is 18.4 Å². The summed E-state index contributed by atoms with van der Waals surface area (Å²) in [7, 11) is 0. The molecule has 1 aromatic carbocycles. The fourth-order valence-electron chi connectivity index (χ4n) is 1.59. The second kappa shape index (κ2) is 4.07. The highest BCUT2D eigenvalue weighted by atomic mass is 16.2. The lowest BCUT2D eigenvalue weighted by Crippen LogP contribution is -2.23. The van der Waals surface area contributed by atoms with Crippen molar-refractivity contribution in [3.8, 4) is 12.3 Å². The topological polar surface area (TPSA) is 58.2 Å². The molecule has 0 unspecified atom stereocenters. The van der Waals surface area contributed by atoms with Crippen LogP contribution in [0.1, 0.15) is 15.9 Å². The first kappa shape index (κ1) is 10.2. The molecule has 0 spiro atoms. The zero-order valence-electron chi connectivity index (χ0n) is 8.54. The fraction of sp³-hybridized carbons (Fsp3) is 0.167. The van der Waals surface area contributed by atoms with Crippen molar-refractivity contribution in [1.29, 1.82) is 0 Å². The first-order valence-electron chi connectivity index (χ1n) is 4.85. The molecule has 80 valence electrons. The van der Waals surface area contributed by atoms with Crippen molar-refractivity contribution in [2.45, 2.75) is 6.42 Å². The third-order valence-electron chi connectivity index (χ3n) is 2.35. The van der Waals surface area contributed by atoms with Crippen LogP contribution >= 0.6 is 0 Å². The van der Waals surface area contributed by atoms with Crippen LogP contribution in [0.25, 0.3) is 0 Å². The van der Waals surface area contributed by atoms with Crippen LogP contribution < -0.4 is 10.6 Å². The quantitative estimate of drug-likeness (QED) is 0.706. The van der Waals surface area contributed by atoms with Gasteiger partial charge in [0.2, 0.25) is 5.91 Å². The van der Waals surface area contributed by atoms with E-state index in [2.05, 4.69) is 16.6 Å². The molecule has 1 aliphatic rings. The van der Waals surface area contributed by atoms with Crippen molar-refractivity contribution >= 4 is 17.5 Å². The highest BCUT2D eigenvalue weighted by Crippen LogP contribution is 2.23. The Balaban J connectivity index is 2.20. The number of carbonyl (C=O) groups is 2. The number of carbonyl (C=O) groups excluding carboxylic acids is 2. The number of rotatable bonds is 2. The van der Waals surface area contributed by atoms with E-state index in [1.54, 1.807) is 18.2 Å². The van der Waals surface area contributed by atoms with E-state index >= 15 is 0 Å². The summed E-state index contributed by atoms with van der Waals surface area (Å²) in [5, 5.41) is 5.25. The zero-order valence-corrected chi connectivity index (χ0v) is 8.54. The Labute approximate surface area is 93.0 Å². The Morgan fingerprint density at radius 1 is 1.56 bits per heavy atom. The van der Waals surface area contributed by atoms with Gasteiger partial charge in [0.05, 0.1) is 13.0 Å². The van der Waals surface area contributed by atoms with E-state index in [1.807, 2.05) is 0 Å². The molecule has 16 heavy (non-hydrogen) atoms. The standard InChI is InChI=1S/C12H10N2O2/c1-2-5-13-12(16)9-4-3-8-7-11(15)14-10(8)6-9/h1,3-4,6H,5,7H2,(H,13,16)(H,14,15). The van der Waals surface area contributed by atoms with Crippen molar-refractivity contribution < 1.29 is 9.59 Å². The molecule has 0 saturated carbocycles. The summed E-state index contributed by atoms with van der Waals surface area (Å²) in [6.45, 7) is 0.197. The molecule has 0 saturated heterocycles. The Morgan fingerprint density at radius 3 is 3.12 bits per heavy atom. The van der Waals surface area contributed by atoms with Gasteiger partial charge in [0.15, 0.2) is 0 Å². The van der Waals surface area contributed by atoms with Crippen LogP contribution in [0.5, 0.6) is 0 Å². The third-order valence-corrected chi connectivity index (χ3v) is 2.35. The van der Waals surface area contributed by atoms with Crippen molar-refractivity contribution in [3.63, 3.8) is 0 Å². The van der Waals surface area contributed by atoms with Crippen molar-refractivity contribution in [2.75, 3.05) is 11.9 Å². The molecule has 1 aromatic rings. The van der Waals surface area contributed by atoms with E-state index in [4.69, 9.17) is 6.42 Å². The number of benzene rings is 1. The highest BCUT2D eigenvalue weighted by Gasteiger charge is 2.18. The minimum atomic E-state index is -0.234. The van der Waals surface area contributed by atoms with Crippen LogP contribution in [0.2, 0.25) is 0 Å². The molecular formula is C12H10N2O2. The Kier molecular flexibility index (Phi) is 2.61. The molecule has 0 aromatic heterocycles. The van der Waals surface area contributed by atoms with Crippen LogP contribution in [0.4, 0.5) is 5.69 Å². The Bertz CT molecular complexity index is 500. The average molecular weight is 214 g/mol. The smallest absolute Gasteiger partial charge is 0.252 e. The Hall–Kier alpha value is -2.28.